The molecule has 2 N–H and O–H groups in total. The first-order chi connectivity index (χ1) is 14.1. The number of nitrogens with one attached hydrogen (secondary N) is 2. The number of pyridine rings is 1. The predicted molar refractivity (Wildman–Crippen MR) is 119 cm³/mol. The van der Waals surface area contributed by atoms with Gasteiger partial charge in [0.25, 0.3) is 0 Å². The van der Waals surface area contributed by atoms with Gasteiger partial charge < -0.3 is 20.3 Å². The number of ether oxygens (including phenoxy) is 1. The summed E-state index contributed by atoms with van der Waals surface area (Å²) in [7, 11) is 5.79. The molecule has 6 heteroatoms. The molecule has 1 aromatic carbocycles. The van der Waals surface area contributed by atoms with Crippen molar-refractivity contribution in [3.63, 3.8) is 0 Å². The van der Waals surface area contributed by atoms with Crippen LogP contribution in [-0.2, 0) is 11.3 Å². The number of hydrogen-bond acceptors (Lipinski definition) is 4. The van der Waals surface area contributed by atoms with E-state index in [0.29, 0.717) is 12.5 Å². The van der Waals surface area contributed by atoms with Crippen LogP contribution in [0.4, 0.5) is 5.82 Å². The van der Waals surface area contributed by atoms with E-state index in [0.717, 1.165) is 43.5 Å². The van der Waals surface area contributed by atoms with E-state index in [1.54, 1.807) is 7.05 Å². The molecule has 29 heavy (non-hydrogen) atoms. The maximum atomic E-state index is 6.13. The van der Waals surface area contributed by atoms with E-state index in [1.165, 1.54) is 11.1 Å². The molecule has 0 spiro atoms. The molecule has 6 nitrogen and oxygen atoms in total. The first-order valence-corrected chi connectivity index (χ1v) is 10.3. The summed E-state index contributed by atoms with van der Waals surface area (Å²) in [5, 5.41) is 6.85. The van der Waals surface area contributed by atoms with Crippen molar-refractivity contribution >= 4 is 11.8 Å². The zero-order chi connectivity index (χ0) is 20.6. The van der Waals surface area contributed by atoms with E-state index in [1.807, 2.05) is 37.2 Å². The van der Waals surface area contributed by atoms with Crippen LogP contribution in [0.25, 0.3) is 0 Å². The molecule has 1 aromatic heterocycles. The van der Waals surface area contributed by atoms with Gasteiger partial charge in [-0.05, 0) is 37.5 Å². The van der Waals surface area contributed by atoms with E-state index in [2.05, 4.69) is 51.8 Å². The van der Waals surface area contributed by atoms with Crippen LogP contribution in [0.5, 0.6) is 0 Å². The number of benzene rings is 1. The Bertz CT molecular complexity index is 803. The minimum atomic E-state index is 0.133. The average Bonchev–Trinajstić information content (AvgIpc) is 2.75. The molecule has 1 aliphatic heterocycles. The Balaban J connectivity index is 1.56. The van der Waals surface area contributed by atoms with Gasteiger partial charge >= 0.3 is 0 Å². The Hall–Kier alpha value is -2.60. The highest BCUT2D eigenvalue weighted by Gasteiger charge is 2.27. The van der Waals surface area contributed by atoms with Gasteiger partial charge in [0, 0.05) is 40.2 Å². The number of aliphatic imine (C=N–C) groups is 1. The summed E-state index contributed by atoms with van der Waals surface area (Å²) in [6.07, 6.45) is 2.38. The lowest BCUT2D eigenvalue weighted by Crippen LogP contribution is -2.41. The summed E-state index contributed by atoms with van der Waals surface area (Å²) in [5.41, 5.74) is 3.52. The van der Waals surface area contributed by atoms with E-state index < -0.39 is 0 Å². The largest absolute Gasteiger partial charge is 0.373 e. The van der Waals surface area contributed by atoms with Gasteiger partial charge in [0.15, 0.2) is 5.96 Å². The monoisotopic (exact) mass is 395 g/mol. The fourth-order valence-corrected chi connectivity index (χ4v) is 3.61. The SMILES string of the molecule is CN=C(NCc1cccc(N(C)C)n1)NCC1CCCOC1c1ccc(C)cc1. The van der Waals surface area contributed by atoms with Gasteiger partial charge in [0.2, 0.25) is 0 Å². The minimum absolute atomic E-state index is 0.133. The van der Waals surface area contributed by atoms with Crippen LogP contribution in [0.3, 0.4) is 0 Å². The number of rotatable bonds is 6. The summed E-state index contributed by atoms with van der Waals surface area (Å²) in [5.74, 6) is 2.16. The quantitative estimate of drug-likeness (QED) is 0.581. The molecule has 1 saturated heterocycles. The van der Waals surface area contributed by atoms with Crippen LogP contribution in [0.1, 0.15) is 35.8 Å². The first kappa shape index (κ1) is 21.1. The van der Waals surface area contributed by atoms with Crippen molar-refractivity contribution < 1.29 is 4.74 Å². The normalized spacial score (nSPS) is 19.7. The molecule has 3 rings (SSSR count). The molecule has 2 aromatic rings. The van der Waals surface area contributed by atoms with E-state index in [9.17, 15) is 0 Å². The van der Waals surface area contributed by atoms with Gasteiger partial charge in [-0.25, -0.2) is 4.98 Å². The van der Waals surface area contributed by atoms with Gasteiger partial charge in [-0.3, -0.25) is 4.99 Å². The molecular formula is C23H33N5O. The Morgan fingerprint density at radius 3 is 2.69 bits per heavy atom. The molecule has 0 aliphatic carbocycles. The molecule has 1 fully saturated rings. The van der Waals surface area contributed by atoms with Crippen LogP contribution in [0, 0.1) is 12.8 Å². The highest BCUT2D eigenvalue weighted by atomic mass is 16.5. The van der Waals surface area contributed by atoms with E-state index >= 15 is 0 Å². The molecule has 156 valence electrons. The summed E-state index contributed by atoms with van der Waals surface area (Å²) in [6, 6.07) is 14.8. The lowest BCUT2D eigenvalue weighted by Gasteiger charge is -2.32. The second kappa shape index (κ2) is 10.3. The van der Waals surface area contributed by atoms with Crippen molar-refractivity contribution in [2.24, 2.45) is 10.9 Å². The van der Waals surface area contributed by atoms with Crippen LogP contribution < -0.4 is 15.5 Å². The molecule has 2 unspecified atom stereocenters. The van der Waals surface area contributed by atoms with E-state index in [-0.39, 0.29) is 6.10 Å². The van der Waals surface area contributed by atoms with Crippen LogP contribution in [-0.4, -0.2) is 45.2 Å². The van der Waals surface area contributed by atoms with Gasteiger partial charge in [0.05, 0.1) is 18.3 Å². The number of hydrogen-bond donors (Lipinski definition) is 2. The second-order valence-corrected chi connectivity index (χ2v) is 7.79. The van der Waals surface area contributed by atoms with Gasteiger partial charge in [-0.1, -0.05) is 35.9 Å². The third kappa shape index (κ3) is 5.94. The van der Waals surface area contributed by atoms with Gasteiger partial charge in [-0.2, -0.15) is 0 Å². The Morgan fingerprint density at radius 1 is 1.17 bits per heavy atom. The van der Waals surface area contributed by atoms with Crippen molar-refractivity contribution in [2.75, 3.05) is 39.2 Å². The van der Waals surface area contributed by atoms with Crippen molar-refractivity contribution in [2.45, 2.75) is 32.4 Å². The number of aryl methyl sites for hydroxylation is 1. The zero-order valence-corrected chi connectivity index (χ0v) is 18.0. The highest BCUT2D eigenvalue weighted by Crippen LogP contribution is 2.33. The third-order valence-corrected chi connectivity index (χ3v) is 5.29. The van der Waals surface area contributed by atoms with Crippen molar-refractivity contribution in [3.05, 3.63) is 59.3 Å². The number of nitrogens with zero attached hydrogens (tertiary/aromatic N) is 3. The fraction of sp³-hybridized carbons (Fsp3) is 0.478. The predicted octanol–water partition coefficient (Wildman–Crippen LogP) is 3.29. The van der Waals surface area contributed by atoms with Crippen molar-refractivity contribution in [1.82, 2.24) is 15.6 Å². The Kier molecular flexibility index (Phi) is 7.47. The highest BCUT2D eigenvalue weighted by molar-refractivity contribution is 5.79. The van der Waals surface area contributed by atoms with Crippen molar-refractivity contribution in [3.8, 4) is 0 Å². The Morgan fingerprint density at radius 2 is 1.97 bits per heavy atom. The number of guanidine groups is 1. The lowest BCUT2D eigenvalue weighted by atomic mass is 9.89. The molecule has 0 radical (unpaired) electrons. The maximum absolute atomic E-state index is 6.13. The molecular weight excluding hydrogens is 362 g/mol. The summed E-state index contributed by atoms with van der Waals surface area (Å²) in [6.45, 7) is 4.40. The summed E-state index contributed by atoms with van der Waals surface area (Å²) < 4.78 is 6.13. The van der Waals surface area contributed by atoms with Gasteiger partial charge in [0.1, 0.15) is 5.82 Å². The van der Waals surface area contributed by atoms with Crippen LogP contribution in [0.15, 0.2) is 47.5 Å². The molecule has 1 aliphatic rings. The van der Waals surface area contributed by atoms with Crippen LogP contribution in [0.2, 0.25) is 0 Å². The number of aromatic nitrogens is 1. The Labute approximate surface area is 174 Å². The second-order valence-electron chi connectivity index (χ2n) is 7.79. The maximum Gasteiger partial charge on any atom is 0.191 e. The molecule has 0 bridgehead atoms. The average molecular weight is 396 g/mol. The smallest absolute Gasteiger partial charge is 0.191 e. The topological polar surface area (TPSA) is 61.8 Å². The van der Waals surface area contributed by atoms with Gasteiger partial charge in [-0.15, -0.1) is 0 Å². The first-order valence-electron chi connectivity index (χ1n) is 10.3. The minimum Gasteiger partial charge on any atom is -0.373 e. The lowest BCUT2D eigenvalue weighted by molar-refractivity contribution is -0.0265. The molecule has 0 saturated carbocycles. The number of anilines is 1. The molecule has 2 heterocycles. The zero-order valence-electron chi connectivity index (χ0n) is 18.0. The molecule has 0 amide bonds. The molecule has 2 atom stereocenters. The third-order valence-electron chi connectivity index (χ3n) is 5.29. The van der Waals surface area contributed by atoms with Crippen molar-refractivity contribution in [1.29, 1.82) is 0 Å². The standard InChI is InChI=1S/C23H33N5O/c1-17-10-12-18(13-11-17)22-19(7-6-14-29-22)15-25-23(24-2)26-16-20-8-5-9-21(27-20)28(3)4/h5,8-13,19,22H,6-7,14-16H2,1-4H3,(H2,24,25,26). The summed E-state index contributed by atoms with van der Waals surface area (Å²) in [4.78, 5) is 11.0. The fourth-order valence-electron chi connectivity index (χ4n) is 3.61. The summed E-state index contributed by atoms with van der Waals surface area (Å²) >= 11 is 0. The van der Waals surface area contributed by atoms with Crippen LogP contribution >= 0.6 is 0 Å². The van der Waals surface area contributed by atoms with E-state index in [4.69, 9.17) is 4.74 Å².